The van der Waals surface area contributed by atoms with E-state index in [1.165, 1.54) is 69.3 Å². The van der Waals surface area contributed by atoms with Crippen molar-refractivity contribution in [2.75, 3.05) is 19.6 Å². The third-order valence-corrected chi connectivity index (χ3v) is 4.52. The Morgan fingerprint density at radius 2 is 1.95 bits per heavy atom. The summed E-state index contributed by atoms with van der Waals surface area (Å²) in [6, 6.07) is 9.85. The molecule has 19 heavy (non-hydrogen) atoms. The minimum Gasteiger partial charge on any atom is -0.310 e. The van der Waals surface area contributed by atoms with Crippen LogP contribution in [0.25, 0.3) is 0 Å². The fraction of sp³-hybridized carbons (Fsp3) is 0.647. The lowest BCUT2D eigenvalue weighted by atomic mass is 9.96. The molecule has 1 unspecified atom stereocenters. The number of nitrogens with one attached hydrogen (secondary N) is 1. The Morgan fingerprint density at radius 1 is 1.05 bits per heavy atom. The first-order valence-electron chi connectivity index (χ1n) is 7.96. The quantitative estimate of drug-likeness (QED) is 0.893. The first kappa shape index (κ1) is 13.1. The molecule has 0 saturated carbocycles. The van der Waals surface area contributed by atoms with Gasteiger partial charge in [0.05, 0.1) is 0 Å². The van der Waals surface area contributed by atoms with E-state index in [1.54, 1.807) is 0 Å². The van der Waals surface area contributed by atoms with Crippen molar-refractivity contribution in [3.8, 4) is 0 Å². The lowest BCUT2D eigenvalue weighted by Crippen LogP contribution is -2.29. The average molecular weight is 258 g/mol. The van der Waals surface area contributed by atoms with Crippen molar-refractivity contribution in [1.82, 2.24) is 10.2 Å². The molecule has 0 aliphatic carbocycles. The van der Waals surface area contributed by atoms with Gasteiger partial charge >= 0.3 is 0 Å². The van der Waals surface area contributed by atoms with Crippen LogP contribution >= 0.6 is 0 Å². The summed E-state index contributed by atoms with van der Waals surface area (Å²) < 4.78 is 0. The molecule has 2 fully saturated rings. The minimum atomic E-state index is 0.593. The molecule has 1 aromatic rings. The van der Waals surface area contributed by atoms with E-state index in [0.29, 0.717) is 6.04 Å². The molecule has 2 heterocycles. The summed E-state index contributed by atoms with van der Waals surface area (Å²) in [5, 5.41) is 3.65. The molecule has 0 radical (unpaired) electrons. The van der Waals surface area contributed by atoms with Gasteiger partial charge in [0, 0.05) is 12.6 Å². The van der Waals surface area contributed by atoms with Gasteiger partial charge in [0.1, 0.15) is 0 Å². The van der Waals surface area contributed by atoms with Gasteiger partial charge in [0.15, 0.2) is 0 Å². The van der Waals surface area contributed by atoms with Gasteiger partial charge in [-0.1, -0.05) is 37.1 Å². The van der Waals surface area contributed by atoms with Gasteiger partial charge in [0.2, 0.25) is 0 Å². The molecule has 0 amide bonds. The summed E-state index contributed by atoms with van der Waals surface area (Å²) in [7, 11) is 0. The summed E-state index contributed by atoms with van der Waals surface area (Å²) in [6.07, 6.45) is 8.18. The Hall–Kier alpha value is -0.860. The van der Waals surface area contributed by atoms with E-state index in [2.05, 4.69) is 34.5 Å². The zero-order chi connectivity index (χ0) is 12.9. The normalized spacial score (nSPS) is 25.4. The second kappa shape index (κ2) is 6.53. The van der Waals surface area contributed by atoms with Crippen molar-refractivity contribution in [2.24, 2.45) is 0 Å². The summed E-state index contributed by atoms with van der Waals surface area (Å²) in [5.74, 6) is 0. The summed E-state index contributed by atoms with van der Waals surface area (Å²) in [6.45, 7) is 4.89. The average Bonchev–Trinajstić information content (AvgIpc) is 2.49. The van der Waals surface area contributed by atoms with Crippen LogP contribution in [0.3, 0.4) is 0 Å². The first-order valence-corrected chi connectivity index (χ1v) is 7.96. The topological polar surface area (TPSA) is 15.3 Å². The highest BCUT2D eigenvalue weighted by atomic mass is 15.1. The van der Waals surface area contributed by atoms with Crippen molar-refractivity contribution in [1.29, 1.82) is 0 Å². The zero-order valence-corrected chi connectivity index (χ0v) is 11.9. The largest absolute Gasteiger partial charge is 0.310 e. The van der Waals surface area contributed by atoms with E-state index in [4.69, 9.17) is 0 Å². The Bertz CT molecular complexity index is 390. The Labute approximate surface area is 117 Å². The highest BCUT2D eigenvalue weighted by molar-refractivity contribution is 5.26. The van der Waals surface area contributed by atoms with E-state index in [-0.39, 0.29) is 0 Å². The molecule has 3 rings (SSSR count). The lowest BCUT2D eigenvalue weighted by molar-refractivity contribution is 0.221. The zero-order valence-electron chi connectivity index (χ0n) is 11.9. The molecular weight excluding hydrogens is 232 g/mol. The van der Waals surface area contributed by atoms with Crippen molar-refractivity contribution in [3.05, 3.63) is 35.4 Å². The van der Waals surface area contributed by atoms with Gasteiger partial charge in [-0.05, 0) is 56.4 Å². The lowest BCUT2D eigenvalue weighted by Gasteiger charge is -2.27. The standard InChI is InChI=1S/C17H26N2/c1-4-11-19(12-5-1)14-15-7-6-8-16(13-15)17-9-2-3-10-18-17/h6-8,13,17-18H,1-5,9-12,14H2. The van der Waals surface area contributed by atoms with Gasteiger partial charge in [-0.15, -0.1) is 0 Å². The van der Waals surface area contributed by atoms with Gasteiger partial charge in [-0.25, -0.2) is 0 Å². The molecule has 1 aromatic carbocycles. The van der Waals surface area contributed by atoms with Crippen LogP contribution in [-0.2, 0) is 6.54 Å². The molecule has 2 aliphatic heterocycles. The number of piperidine rings is 2. The second-order valence-electron chi connectivity index (χ2n) is 6.08. The molecule has 1 N–H and O–H groups in total. The van der Waals surface area contributed by atoms with E-state index in [0.717, 1.165) is 6.54 Å². The molecule has 2 aliphatic rings. The predicted octanol–water partition coefficient (Wildman–Crippen LogP) is 3.49. The van der Waals surface area contributed by atoms with Crippen LogP contribution in [0.2, 0.25) is 0 Å². The molecular formula is C17H26N2. The van der Waals surface area contributed by atoms with Crippen LogP contribution < -0.4 is 5.32 Å². The molecule has 0 spiro atoms. The summed E-state index contributed by atoms with van der Waals surface area (Å²) >= 11 is 0. The number of hydrogen-bond acceptors (Lipinski definition) is 2. The van der Waals surface area contributed by atoms with E-state index < -0.39 is 0 Å². The van der Waals surface area contributed by atoms with Crippen LogP contribution in [0.15, 0.2) is 24.3 Å². The fourth-order valence-electron chi connectivity index (χ4n) is 3.42. The molecule has 2 saturated heterocycles. The molecule has 0 aromatic heterocycles. The minimum absolute atomic E-state index is 0.593. The van der Waals surface area contributed by atoms with Crippen molar-refractivity contribution in [3.63, 3.8) is 0 Å². The molecule has 1 atom stereocenters. The van der Waals surface area contributed by atoms with Crippen molar-refractivity contribution < 1.29 is 0 Å². The number of nitrogens with zero attached hydrogens (tertiary/aromatic N) is 1. The van der Waals surface area contributed by atoms with Crippen LogP contribution in [0.4, 0.5) is 0 Å². The first-order chi connectivity index (χ1) is 9.42. The van der Waals surface area contributed by atoms with Gasteiger partial charge in [-0.2, -0.15) is 0 Å². The highest BCUT2D eigenvalue weighted by Crippen LogP contribution is 2.24. The summed E-state index contributed by atoms with van der Waals surface area (Å²) in [4.78, 5) is 2.61. The van der Waals surface area contributed by atoms with Crippen LogP contribution in [0.5, 0.6) is 0 Å². The molecule has 104 valence electrons. The Kier molecular flexibility index (Phi) is 4.52. The Morgan fingerprint density at radius 3 is 2.74 bits per heavy atom. The smallest absolute Gasteiger partial charge is 0.0320 e. The highest BCUT2D eigenvalue weighted by Gasteiger charge is 2.15. The number of likely N-dealkylation sites (tertiary alicyclic amines) is 1. The molecule has 2 nitrogen and oxygen atoms in total. The van der Waals surface area contributed by atoms with Gasteiger partial charge < -0.3 is 5.32 Å². The van der Waals surface area contributed by atoms with Crippen LogP contribution in [0.1, 0.15) is 55.7 Å². The SMILES string of the molecule is c1cc(CN2CCCCC2)cc(C2CCCCN2)c1. The number of rotatable bonds is 3. The fourth-order valence-corrected chi connectivity index (χ4v) is 3.42. The third-order valence-electron chi connectivity index (χ3n) is 4.52. The van der Waals surface area contributed by atoms with Crippen molar-refractivity contribution in [2.45, 2.75) is 51.1 Å². The van der Waals surface area contributed by atoms with E-state index in [9.17, 15) is 0 Å². The van der Waals surface area contributed by atoms with E-state index >= 15 is 0 Å². The second-order valence-corrected chi connectivity index (χ2v) is 6.08. The maximum atomic E-state index is 3.65. The summed E-state index contributed by atoms with van der Waals surface area (Å²) in [5.41, 5.74) is 2.99. The third kappa shape index (κ3) is 3.58. The Balaban J connectivity index is 1.64. The predicted molar refractivity (Wildman–Crippen MR) is 80.2 cm³/mol. The van der Waals surface area contributed by atoms with E-state index in [1.807, 2.05) is 0 Å². The van der Waals surface area contributed by atoms with Gasteiger partial charge in [0.25, 0.3) is 0 Å². The van der Waals surface area contributed by atoms with Gasteiger partial charge in [-0.3, -0.25) is 4.90 Å². The van der Waals surface area contributed by atoms with Crippen LogP contribution in [0, 0.1) is 0 Å². The maximum absolute atomic E-state index is 3.65. The molecule has 0 bridgehead atoms. The van der Waals surface area contributed by atoms with Crippen LogP contribution in [-0.4, -0.2) is 24.5 Å². The van der Waals surface area contributed by atoms with Crippen molar-refractivity contribution >= 4 is 0 Å². The number of hydrogen-bond donors (Lipinski definition) is 1. The number of benzene rings is 1. The molecule has 2 heteroatoms. The monoisotopic (exact) mass is 258 g/mol. The maximum Gasteiger partial charge on any atom is 0.0320 e.